The fraction of sp³-hybridized carbons (Fsp3) is 0.267. The van der Waals surface area contributed by atoms with Crippen LogP contribution in [-0.4, -0.2) is 23.8 Å². The number of rotatable bonds is 6. The number of Topliss-reactive ketones (excluding diaryl/α,β-unsaturated/α-hetero) is 1. The van der Waals surface area contributed by atoms with Crippen LogP contribution in [0.3, 0.4) is 0 Å². The molecule has 100 valence electrons. The molecule has 0 saturated heterocycles. The van der Waals surface area contributed by atoms with E-state index >= 15 is 0 Å². The molecule has 0 N–H and O–H groups in total. The van der Waals surface area contributed by atoms with Gasteiger partial charge in [-0.2, -0.15) is 0 Å². The molecule has 1 aromatic carbocycles. The molecule has 0 aliphatic carbocycles. The van der Waals surface area contributed by atoms with Gasteiger partial charge in [-0.3, -0.25) is 9.69 Å². The van der Waals surface area contributed by atoms with E-state index in [0.29, 0.717) is 13.1 Å². The number of likely N-dealkylation sites (N-methyl/N-ethyl adjacent to an activating group) is 1. The Labute approximate surface area is 121 Å². The summed E-state index contributed by atoms with van der Waals surface area (Å²) in [7, 11) is 0. The molecule has 4 heteroatoms. The van der Waals surface area contributed by atoms with Crippen molar-refractivity contribution in [2.24, 2.45) is 0 Å². The standard InChI is InChI=1S/C15H16BrNO2/c1-2-17(10-14-4-3-9-19-14)11-15(18)12-5-7-13(16)8-6-12/h3-9H,2,10-11H2,1H3. The lowest BCUT2D eigenvalue weighted by molar-refractivity contribution is 0.0925. The molecule has 19 heavy (non-hydrogen) atoms. The van der Waals surface area contributed by atoms with Crippen LogP contribution in [0.4, 0.5) is 0 Å². The van der Waals surface area contributed by atoms with Crippen LogP contribution in [0.15, 0.2) is 51.6 Å². The van der Waals surface area contributed by atoms with Gasteiger partial charge in [0.2, 0.25) is 0 Å². The van der Waals surface area contributed by atoms with Gasteiger partial charge in [0.25, 0.3) is 0 Å². The Bertz CT molecular complexity index is 520. The average molecular weight is 322 g/mol. The van der Waals surface area contributed by atoms with E-state index in [1.807, 2.05) is 43.3 Å². The predicted octanol–water partition coefficient (Wildman–Crippen LogP) is 3.75. The van der Waals surface area contributed by atoms with Crippen LogP contribution < -0.4 is 0 Å². The molecule has 0 fully saturated rings. The Morgan fingerprint density at radius 3 is 2.58 bits per heavy atom. The molecule has 1 heterocycles. The number of carbonyl (C=O) groups is 1. The zero-order chi connectivity index (χ0) is 13.7. The predicted molar refractivity (Wildman–Crippen MR) is 78.1 cm³/mol. The molecule has 0 spiro atoms. The van der Waals surface area contributed by atoms with Gasteiger partial charge in [-0.1, -0.05) is 35.0 Å². The minimum atomic E-state index is 0.126. The second-order valence-corrected chi connectivity index (χ2v) is 5.23. The summed E-state index contributed by atoms with van der Waals surface area (Å²) < 4.78 is 6.29. The molecule has 3 nitrogen and oxygen atoms in total. The highest BCUT2D eigenvalue weighted by atomic mass is 79.9. The summed E-state index contributed by atoms with van der Waals surface area (Å²) in [4.78, 5) is 14.2. The number of furan rings is 1. The van der Waals surface area contributed by atoms with E-state index in [-0.39, 0.29) is 5.78 Å². The van der Waals surface area contributed by atoms with E-state index in [4.69, 9.17) is 4.42 Å². The second kappa shape index (κ2) is 6.68. The van der Waals surface area contributed by atoms with Crippen molar-refractivity contribution in [3.8, 4) is 0 Å². The van der Waals surface area contributed by atoms with Crippen LogP contribution in [0.2, 0.25) is 0 Å². The van der Waals surface area contributed by atoms with E-state index in [2.05, 4.69) is 20.8 Å². The van der Waals surface area contributed by atoms with Crippen LogP contribution >= 0.6 is 15.9 Å². The summed E-state index contributed by atoms with van der Waals surface area (Å²) in [5, 5.41) is 0. The summed E-state index contributed by atoms with van der Waals surface area (Å²) in [6.45, 7) is 3.91. The Hall–Kier alpha value is -1.39. The second-order valence-electron chi connectivity index (χ2n) is 4.31. The number of ketones is 1. The Kier molecular flexibility index (Phi) is 4.93. The quantitative estimate of drug-likeness (QED) is 0.760. The van der Waals surface area contributed by atoms with Gasteiger partial charge >= 0.3 is 0 Å². The number of hydrogen-bond donors (Lipinski definition) is 0. The van der Waals surface area contributed by atoms with Crippen molar-refractivity contribution in [2.75, 3.05) is 13.1 Å². The molecular formula is C15H16BrNO2. The highest BCUT2D eigenvalue weighted by molar-refractivity contribution is 9.10. The van der Waals surface area contributed by atoms with Crippen molar-refractivity contribution < 1.29 is 9.21 Å². The molecule has 0 atom stereocenters. The summed E-state index contributed by atoms with van der Waals surface area (Å²) in [6, 6.07) is 11.2. The monoisotopic (exact) mass is 321 g/mol. The maximum Gasteiger partial charge on any atom is 0.176 e. The largest absolute Gasteiger partial charge is 0.468 e. The summed E-state index contributed by atoms with van der Waals surface area (Å²) >= 11 is 3.36. The van der Waals surface area contributed by atoms with Gasteiger partial charge in [0, 0.05) is 10.0 Å². The minimum absolute atomic E-state index is 0.126. The van der Waals surface area contributed by atoms with Crippen molar-refractivity contribution in [3.05, 3.63) is 58.5 Å². The first kappa shape index (κ1) is 14.0. The van der Waals surface area contributed by atoms with Crippen LogP contribution in [0.25, 0.3) is 0 Å². The van der Waals surface area contributed by atoms with Gasteiger partial charge in [0.15, 0.2) is 5.78 Å². The molecule has 0 unspecified atom stereocenters. The molecule has 1 aromatic heterocycles. The summed E-state index contributed by atoms with van der Waals surface area (Å²) in [5.41, 5.74) is 0.737. The first-order chi connectivity index (χ1) is 9.19. The smallest absolute Gasteiger partial charge is 0.176 e. The van der Waals surface area contributed by atoms with Crippen LogP contribution in [0.5, 0.6) is 0 Å². The van der Waals surface area contributed by atoms with Crippen molar-refractivity contribution in [2.45, 2.75) is 13.5 Å². The number of benzene rings is 1. The molecule has 0 bridgehead atoms. The highest BCUT2D eigenvalue weighted by Crippen LogP contribution is 2.12. The van der Waals surface area contributed by atoms with Crippen molar-refractivity contribution in [3.63, 3.8) is 0 Å². The first-order valence-corrected chi connectivity index (χ1v) is 7.02. The van der Waals surface area contributed by atoms with Crippen molar-refractivity contribution in [1.29, 1.82) is 0 Å². The molecule has 0 aliphatic rings. The number of nitrogens with zero attached hydrogens (tertiary/aromatic N) is 1. The minimum Gasteiger partial charge on any atom is -0.468 e. The number of halogens is 1. The maximum atomic E-state index is 12.2. The lowest BCUT2D eigenvalue weighted by Gasteiger charge is -2.18. The molecule has 0 aliphatic heterocycles. The molecule has 0 radical (unpaired) electrons. The lowest BCUT2D eigenvalue weighted by Crippen LogP contribution is -2.29. The number of hydrogen-bond acceptors (Lipinski definition) is 3. The Balaban J connectivity index is 1.98. The van der Waals surface area contributed by atoms with Crippen LogP contribution in [-0.2, 0) is 6.54 Å². The van der Waals surface area contributed by atoms with E-state index in [9.17, 15) is 4.79 Å². The Morgan fingerprint density at radius 2 is 2.00 bits per heavy atom. The molecule has 2 rings (SSSR count). The topological polar surface area (TPSA) is 33.5 Å². The zero-order valence-corrected chi connectivity index (χ0v) is 12.4. The maximum absolute atomic E-state index is 12.2. The third-order valence-corrected chi connectivity index (χ3v) is 3.47. The summed E-state index contributed by atoms with van der Waals surface area (Å²) in [5.74, 6) is 1.01. The molecule has 0 amide bonds. The fourth-order valence-corrected chi connectivity index (χ4v) is 2.10. The highest BCUT2D eigenvalue weighted by Gasteiger charge is 2.12. The van der Waals surface area contributed by atoms with E-state index < -0.39 is 0 Å². The molecule has 0 saturated carbocycles. The van der Waals surface area contributed by atoms with Gasteiger partial charge in [0.05, 0.1) is 19.4 Å². The van der Waals surface area contributed by atoms with E-state index in [1.165, 1.54) is 0 Å². The molecule has 2 aromatic rings. The normalized spacial score (nSPS) is 10.9. The third kappa shape index (κ3) is 4.04. The van der Waals surface area contributed by atoms with Gasteiger partial charge in [-0.25, -0.2) is 0 Å². The van der Waals surface area contributed by atoms with Gasteiger partial charge < -0.3 is 4.42 Å². The SMILES string of the molecule is CCN(CC(=O)c1ccc(Br)cc1)Cc1ccco1. The van der Waals surface area contributed by atoms with E-state index in [1.54, 1.807) is 6.26 Å². The van der Waals surface area contributed by atoms with Gasteiger partial charge in [-0.15, -0.1) is 0 Å². The van der Waals surface area contributed by atoms with Gasteiger partial charge in [0.1, 0.15) is 5.76 Å². The van der Waals surface area contributed by atoms with E-state index in [0.717, 1.165) is 22.3 Å². The first-order valence-electron chi connectivity index (χ1n) is 6.22. The van der Waals surface area contributed by atoms with Crippen molar-refractivity contribution in [1.82, 2.24) is 4.90 Å². The van der Waals surface area contributed by atoms with Crippen molar-refractivity contribution >= 4 is 21.7 Å². The lowest BCUT2D eigenvalue weighted by atomic mass is 10.1. The fourth-order valence-electron chi connectivity index (χ4n) is 1.83. The number of carbonyl (C=O) groups excluding carboxylic acids is 1. The van der Waals surface area contributed by atoms with Crippen LogP contribution in [0, 0.1) is 0 Å². The average Bonchev–Trinajstić information content (AvgIpc) is 2.91. The molecular weight excluding hydrogens is 306 g/mol. The van der Waals surface area contributed by atoms with Crippen LogP contribution in [0.1, 0.15) is 23.0 Å². The summed E-state index contributed by atoms with van der Waals surface area (Å²) in [6.07, 6.45) is 1.65. The Morgan fingerprint density at radius 1 is 1.26 bits per heavy atom. The van der Waals surface area contributed by atoms with Gasteiger partial charge in [-0.05, 0) is 30.8 Å². The zero-order valence-electron chi connectivity index (χ0n) is 10.8. The third-order valence-electron chi connectivity index (χ3n) is 2.94.